The molecule has 1 amide bonds. The van der Waals surface area contributed by atoms with Crippen LogP contribution in [0.5, 0.6) is 0 Å². The molecule has 1 heterocycles. The van der Waals surface area contributed by atoms with Gasteiger partial charge in [-0.15, -0.1) is 0 Å². The van der Waals surface area contributed by atoms with E-state index in [0.29, 0.717) is 18.4 Å². The van der Waals surface area contributed by atoms with Gasteiger partial charge in [0.1, 0.15) is 6.04 Å². The van der Waals surface area contributed by atoms with Crippen LogP contribution in [0, 0.1) is 17.2 Å². The predicted octanol–water partition coefficient (Wildman–Crippen LogP) is 1.87. The largest absolute Gasteiger partial charge is 0.344 e. The van der Waals surface area contributed by atoms with Gasteiger partial charge >= 0.3 is 0 Å². The van der Waals surface area contributed by atoms with Crippen molar-refractivity contribution in [2.75, 3.05) is 20.1 Å². The molecular weight excluding hydrogens is 226 g/mol. The van der Waals surface area contributed by atoms with Crippen molar-refractivity contribution in [2.45, 2.75) is 52.1 Å². The van der Waals surface area contributed by atoms with E-state index in [-0.39, 0.29) is 11.9 Å². The van der Waals surface area contributed by atoms with Crippen molar-refractivity contribution in [1.29, 1.82) is 5.26 Å². The molecule has 0 radical (unpaired) electrons. The van der Waals surface area contributed by atoms with Crippen molar-refractivity contribution in [3.05, 3.63) is 0 Å². The number of rotatable bonds is 4. The number of nitriles is 1. The summed E-state index contributed by atoms with van der Waals surface area (Å²) in [6.45, 7) is 8.24. The first-order chi connectivity index (χ1) is 8.47. The third kappa shape index (κ3) is 3.71. The Hall–Kier alpha value is -1.08. The van der Waals surface area contributed by atoms with E-state index in [4.69, 9.17) is 5.26 Å². The molecule has 1 aliphatic rings. The van der Waals surface area contributed by atoms with Crippen molar-refractivity contribution >= 4 is 5.91 Å². The Bertz CT molecular complexity index is 321. The summed E-state index contributed by atoms with van der Waals surface area (Å²) in [6, 6.07) is 2.28. The molecule has 0 aromatic heterocycles. The quantitative estimate of drug-likeness (QED) is 0.766. The number of carbonyl (C=O) groups is 1. The zero-order chi connectivity index (χ0) is 13.7. The fraction of sp³-hybridized carbons (Fsp3) is 0.857. The highest BCUT2D eigenvalue weighted by atomic mass is 16.2. The minimum Gasteiger partial charge on any atom is -0.344 e. The molecule has 0 N–H and O–H groups in total. The SMILES string of the molecule is CC(C)CCN1C(C)CCN(C)C(=O)C1CC#N. The third-order valence-corrected chi connectivity index (χ3v) is 3.76. The molecule has 0 bridgehead atoms. The van der Waals surface area contributed by atoms with Gasteiger partial charge in [-0.2, -0.15) is 5.26 Å². The molecule has 0 aromatic carbocycles. The van der Waals surface area contributed by atoms with Crippen molar-refractivity contribution in [1.82, 2.24) is 9.80 Å². The number of nitrogens with zero attached hydrogens (tertiary/aromatic N) is 3. The summed E-state index contributed by atoms with van der Waals surface area (Å²) in [5, 5.41) is 8.95. The lowest BCUT2D eigenvalue weighted by Gasteiger charge is -2.32. The molecule has 102 valence electrons. The fourth-order valence-corrected chi connectivity index (χ4v) is 2.43. The smallest absolute Gasteiger partial charge is 0.240 e. The van der Waals surface area contributed by atoms with Crippen LogP contribution in [-0.2, 0) is 4.79 Å². The summed E-state index contributed by atoms with van der Waals surface area (Å²) in [4.78, 5) is 16.3. The number of likely N-dealkylation sites (N-methyl/N-ethyl adjacent to an activating group) is 1. The average molecular weight is 251 g/mol. The molecule has 0 aromatic rings. The highest BCUT2D eigenvalue weighted by molar-refractivity contribution is 5.82. The summed E-state index contributed by atoms with van der Waals surface area (Å²) in [7, 11) is 1.84. The van der Waals surface area contributed by atoms with Gasteiger partial charge in [0.25, 0.3) is 0 Å². The van der Waals surface area contributed by atoms with Crippen LogP contribution in [0.3, 0.4) is 0 Å². The van der Waals surface area contributed by atoms with Crippen molar-refractivity contribution in [3.8, 4) is 6.07 Å². The van der Waals surface area contributed by atoms with Crippen molar-refractivity contribution in [2.24, 2.45) is 5.92 Å². The second kappa shape index (κ2) is 6.75. The maximum absolute atomic E-state index is 12.3. The molecule has 1 saturated heterocycles. The molecule has 1 fully saturated rings. The van der Waals surface area contributed by atoms with Crippen LogP contribution in [0.2, 0.25) is 0 Å². The van der Waals surface area contributed by atoms with Crippen LogP contribution in [0.15, 0.2) is 0 Å². The molecule has 0 saturated carbocycles. The average Bonchev–Trinajstić information content (AvgIpc) is 2.41. The lowest BCUT2D eigenvalue weighted by molar-refractivity contribution is -0.134. The van der Waals surface area contributed by atoms with E-state index >= 15 is 0 Å². The van der Waals surface area contributed by atoms with Crippen LogP contribution < -0.4 is 0 Å². The summed E-state index contributed by atoms with van der Waals surface area (Å²) >= 11 is 0. The first-order valence-corrected chi connectivity index (χ1v) is 6.85. The topological polar surface area (TPSA) is 47.3 Å². The molecule has 2 unspecified atom stereocenters. The minimum atomic E-state index is -0.253. The van der Waals surface area contributed by atoms with Crippen molar-refractivity contribution < 1.29 is 4.79 Å². The Balaban J connectivity index is 2.84. The molecule has 0 aliphatic carbocycles. The molecule has 4 nitrogen and oxygen atoms in total. The standard InChI is InChI=1S/C14H25N3O/c1-11(2)6-10-17-12(3)7-9-16(4)14(18)13(17)5-8-15/h11-13H,5-7,9-10H2,1-4H3. The first-order valence-electron chi connectivity index (χ1n) is 6.85. The molecular formula is C14H25N3O. The monoisotopic (exact) mass is 251 g/mol. The summed E-state index contributed by atoms with van der Waals surface area (Å²) < 4.78 is 0. The predicted molar refractivity (Wildman–Crippen MR) is 71.9 cm³/mol. The molecule has 18 heavy (non-hydrogen) atoms. The van der Waals surface area contributed by atoms with Crippen molar-refractivity contribution in [3.63, 3.8) is 0 Å². The van der Waals surface area contributed by atoms with Crippen LogP contribution in [-0.4, -0.2) is 47.9 Å². The highest BCUT2D eigenvalue weighted by Crippen LogP contribution is 2.20. The lowest BCUT2D eigenvalue weighted by Crippen LogP contribution is -2.47. The molecule has 1 rings (SSSR count). The number of hydrogen-bond donors (Lipinski definition) is 0. The summed E-state index contributed by atoms with van der Waals surface area (Å²) in [5.41, 5.74) is 0. The molecule has 0 spiro atoms. The van der Waals surface area contributed by atoms with Gasteiger partial charge in [-0.05, 0) is 32.2 Å². The van der Waals surface area contributed by atoms with Gasteiger partial charge in [0.05, 0.1) is 12.5 Å². The van der Waals surface area contributed by atoms with Crippen LogP contribution in [0.4, 0.5) is 0 Å². The van der Waals surface area contributed by atoms with Gasteiger partial charge in [-0.3, -0.25) is 9.69 Å². The van der Waals surface area contributed by atoms with Gasteiger partial charge in [-0.1, -0.05) is 13.8 Å². The summed E-state index contributed by atoms with van der Waals surface area (Å²) in [6.07, 6.45) is 2.36. The van der Waals surface area contributed by atoms with Gasteiger partial charge < -0.3 is 4.90 Å². The van der Waals surface area contributed by atoms with Gasteiger partial charge in [-0.25, -0.2) is 0 Å². The number of carbonyl (C=O) groups excluding carboxylic acids is 1. The van der Waals surface area contributed by atoms with E-state index in [1.807, 2.05) is 7.05 Å². The van der Waals surface area contributed by atoms with Crippen LogP contribution >= 0.6 is 0 Å². The number of hydrogen-bond acceptors (Lipinski definition) is 3. The van der Waals surface area contributed by atoms with E-state index in [0.717, 1.165) is 25.9 Å². The Morgan fingerprint density at radius 3 is 2.72 bits per heavy atom. The van der Waals surface area contributed by atoms with E-state index in [1.165, 1.54) is 0 Å². The maximum Gasteiger partial charge on any atom is 0.240 e. The second-order valence-electron chi connectivity index (χ2n) is 5.70. The third-order valence-electron chi connectivity index (χ3n) is 3.76. The van der Waals surface area contributed by atoms with E-state index in [2.05, 4.69) is 31.7 Å². The normalized spacial score (nSPS) is 26.2. The second-order valence-corrected chi connectivity index (χ2v) is 5.70. The maximum atomic E-state index is 12.3. The van der Waals surface area contributed by atoms with E-state index in [9.17, 15) is 4.79 Å². The van der Waals surface area contributed by atoms with Gasteiger partial charge in [0.15, 0.2) is 0 Å². The fourth-order valence-electron chi connectivity index (χ4n) is 2.43. The lowest BCUT2D eigenvalue weighted by atomic mass is 10.1. The molecule has 1 aliphatic heterocycles. The van der Waals surface area contributed by atoms with E-state index < -0.39 is 0 Å². The van der Waals surface area contributed by atoms with Gasteiger partial charge in [0, 0.05) is 19.6 Å². The zero-order valence-electron chi connectivity index (χ0n) is 12.0. The Morgan fingerprint density at radius 2 is 2.17 bits per heavy atom. The molecule has 2 atom stereocenters. The Kier molecular flexibility index (Phi) is 5.61. The van der Waals surface area contributed by atoms with Crippen LogP contribution in [0.25, 0.3) is 0 Å². The number of amides is 1. The summed E-state index contributed by atoms with van der Waals surface area (Å²) in [5.74, 6) is 0.723. The van der Waals surface area contributed by atoms with Crippen LogP contribution in [0.1, 0.15) is 40.0 Å². The zero-order valence-corrected chi connectivity index (χ0v) is 12.0. The van der Waals surface area contributed by atoms with E-state index in [1.54, 1.807) is 4.90 Å². The minimum absolute atomic E-state index is 0.102. The Morgan fingerprint density at radius 1 is 1.50 bits per heavy atom. The Labute approximate surface area is 111 Å². The molecule has 4 heteroatoms. The van der Waals surface area contributed by atoms with Gasteiger partial charge in [0.2, 0.25) is 5.91 Å². The highest BCUT2D eigenvalue weighted by Gasteiger charge is 2.34. The first kappa shape index (κ1) is 15.0.